The molecule has 2 aromatic carbocycles. The van der Waals surface area contributed by atoms with Crippen molar-refractivity contribution in [1.29, 1.82) is 0 Å². The number of amides is 1. The summed E-state index contributed by atoms with van der Waals surface area (Å²) in [6, 6.07) is 14.8. The first-order valence-electron chi connectivity index (χ1n) is 9.25. The molecule has 3 N–H and O–H groups in total. The molecule has 0 radical (unpaired) electrons. The van der Waals surface area contributed by atoms with Crippen molar-refractivity contribution in [1.82, 2.24) is 20.1 Å². The summed E-state index contributed by atoms with van der Waals surface area (Å²) in [4.78, 5) is 17.1. The van der Waals surface area contributed by atoms with Crippen molar-refractivity contribution in [2.75, 3.05) is 14.2 Å². The van der Waals surface area contributed by atoms with Crippen LogP contribution in [0, 0.1) is 0 Å². The molecule has 0 bridgehead atoms. The van der Waals surface area contributed by atoms with Gasteiger partial charge in [0.15, 0.2) is 17.3 Å². The molecule has 1 amide bonds. The Morgan fingerprint density at radius 1 is 1.14 bits per heavy atom. The van der Waals surface area contributed by atoms with Crippen molar-refractivity contribution < 1.29 is 14.3 Å². The number of aromatic nitrogens is 3. The van der Waals surface area contributed by atoms with Gasteiger partial charge >= 0.3 is 0 Å². The zero-order valence-electron chi connectivity index (χ0n) is 16.8. The summed E-state index contributed by atoms with van der Waals surface area (Å²) in [5.74, 6) is 2.10. The van der Waals surface area contributed by atoms with Crippen LogP contribution in [-0.4, -0.2) is 34.9 Å². The van der Waals surface area contributed by atoms with Crippen LogP contribution in [0.15, 0.2) is 48.5 Å². The van der Waals surface area contributed by atoms with E-state index in [0.29, 0.717) is 29.7 Å². The van der Waals surface area contributed by atoms with Gasteiger partial charge in [0.05, 0.1) is 20.3 Å². The number of para-hydroxylation sites is 1. The van der Waals surface area contributed by atoms with Crippen molar-refractivity contribution in [3.8, 4) is 22.9 Å². The Kier molecular flexibility index (Phi) is 6.46. The van der Waals surface area contributed by atoms with Gasteiger partial charge in [0.1, 0.15) is 12.4 Å². The van der Waals surface area contributed by atoms with Gasteiger partial charge in [-0.3, -0.25) is 4.79 Å². The van der Waals surface area contributed by atoms with Gasteiger partial charge in [-0.1, -0.05) is 42.5 Å². The lowest BCUT2D eigenvalue weighted by atomic mass is 10.2. The van der Waals surface area contributed by atoms with Crippen LogP contribution in [0.1, 0.15) is 24.4 Å². The Bertz CT molecular complexity index is 970. The fourth-order valence-electron chi connectivity index (χ4n) is 3.00. The average molecular weight is 395 g/mol. The molecule has 1 aromatic heterocycles. The van der Waals surface area contributed by atoms with E-state index in [1.165, 1.54) is 0 Å². The summed E-state index contributed by atoms with van der Waals surface area (Å²) in [5, 5.41) is 7.36. The number of ether oxygens (including phenoxy) is 2. The molecule has 8 heteroatoms. The van der Waals surface area contributed by atoms with E-state index in [1.54, 1.807) is 25.0 Å². The van der Waals surface area contributed by atoms with Crippen LogP contribution in [0.2, 0.25) is 0 Å². The SMILES string of the molecule is COc1cccc(CNC(=O)Cn2nc(-c3ccccc3)nc2C(C)N)c1OC. The third-order valence-electron chi connectivity index (χ3n) is 4.39. The Hall–Kier alpha value is -3.39. The van der Waals surface area contributed by atoms with E-state index >= 15 is 0 Å². The van der Waals surface area contributed by atoms with Gasteiger partial charge in [0.2, 0.25) is 5.91 Å². The molecular formula is C21H25N5O3. The predicted octanol–water partition coefficient (Wildman–Crippen LogP) is 2.30. The van der Waals surface area contributed by atoms with Gasteiger partial charge < -0.3 is 20.5 Å². The molecule has 0 aliphatic carbocycles. The summed E-state index contributed by atoms with van der Waals surface area (Å²) in [5.41, 5.74) is 7.72. The van der Waals surface area contributed by atoms with E-state index in [0.717, 1.165) is 11.1 Å². The standard InChI is InChI=1S/C21H25N5O3/c1-14(22)21-24-20(15-8-5-4-6-9-15)25-26(21)13-18(27)23-12-16-10-7-11-17(28-2)19(16)29-3/h4-11,14H,12-13,22H2,1-3H3,(H,23,27). The highest BCUT2D eigenvalue weighted by atomic mass is 16.5. The minimum absolute atomic E-state index is 0.0169. The zero-order chi connectivity index (χ0) is 20.8. The second-order valence-corrected chi connectivity index (χ2v) is 6.54. The van der Waals surface area contributed by atoms with Crippen molar-refractivity contribution >= 4 is 5.91 Å². The molecular weight excluding hydrogens is 370 g/mol. The molecule has 0 saturated carbocycles. The second kappa shape index (κ2) is 9.20. The Morgan fingerprint density at radius 2 is 1.90 bits per heavy atom. The van der Waals surface area contributed by atoms with Crippen molar-refractivity contribution in [3.63, 3.8) is 0 Å². The molecule has 0 aliphatic heterocycles. The minimum Gasteiger partial charge on any atom is -0.493 e. The number of nitrogens with two attached hydrogens (primary N) is 1. The van der Waals surface area contributed by atoms with E-state index in [2.05, 4.69) is 15.4 Å². The molecule has 152 valence electrons. The summed E-state index contributed by atoms with van der Waals surface area (Å²) in [7, 11) is 3.14. The van der Waals surface area contributed by atoms with E-state index in [-0.39, 0.29) is 18.5 Å². The third kappa shape index (κ3) is 4.72. The number of nitrogens with one attached hydrogen (secondary N) is 1. The molecule has 1 heterocycles. The first kappa shape index (κ1) is 20.3. The molecule has 1 atom stereocenters. The number of benzene rings is 2. The largest absolute Gasteiger partial charge is 0.493 e. The van der Waals surface area contributed by atoms with E-state index in [1.807, 2.05) is 49.4 Å². The van der Waals surface area contributed by atoms with Crippen LogP contribution in [0.5, 0.6) is 11.5 Å². The number of methoxy groups -OCH3 is 2. The van der Waals surface area contributed by atoms with Crippen molar-refractivity contribution in [2.24, 2.45) is 5.73 Å². The van der Waals surface area contributed by atoms with Gasteiger partial charge in [-0.25, -0.2) is 9.67 Å². The molecule has 0 spiro atoms. The maximum atomic E-state index is 12.5. The van der Waals surface area contributed by atoms with Gasteiger partial charge in [-0.2, -0.15) is 5.10 Å². The number of rotatable bonds is 8. The first-order valence-corrected chi connectivity index (χ1v) is 9.25. The topological polar surface area (TPSA) is 104 Å². The third-order valence-corrected chi connectivity index (χ3v) is 4.39. The summed E-state index contributed by atoms with van der Waals surface area (Å²) >= 11 is 0. The summed E-state index contributed by atoms with van der Waals surface area (Å²) < 4.78 is 12.2. The van der Waals surface area contributed by atoms with Gasteiger partial charge in [0, 0.05) is 17.7 Å². The van der Waals surface area contributed by atoms with Crippen LogP contribution >= 0.6 is 0 Å². The van der Waals surface area contributed by atoms with Crippen LogP contribution in [0.25, 0.3) is 11.4 Å². The lowest BCUT2D eigenvalue weighted by Gasteiger charge is -2.13. The molecule has 29 heavy (non-hydrogen) atoms. The maximum absolute atomic E-state index is 12.5. The van der Waals surface area contributed by atoms with Crippen LogP contribution in [-0.2, 0) is 17.9 Å². The number of carbonyl (C=O) groups excluding carboxylic acids is 1. The number of hydrogen-bond acceptors (Lipinski definition) is 6. The van der Waals surface area contributed by atoms with Gasteiger partial charge in [-0.15, -0.1) is 0 Å². The second-order valence-electron chi connectivity index (χ2n) is 6.54. The van der Waals surface area contributed by atoms with E-state index in [4.69, 9.17) is 15.2 Å². The number of nitrogens with zero attached hydrogens (tertiary/aromatic N) is 3. The molecule has 3 aromatic rings. The monoisotopic (exact) mass is 395 g/mol. The highest BCUT2D eigenvalue weighted by Gasteiger charge is 2.17. The molecule has 1 unspecified atom stereocenters. The van der Waals surface area contributed by atoms with E-state index < -0.39 is 0 Å². The number of hydrogen-bond donors (Lipinski definition) is 2. The summed E-state index contributed by atoms with van der Waals surface area (Å²) in [6.07, 6.45) is 0. The average Bonchev–Trinajstić information content (AvgIpc) is 3.16. The Morgan fingerprint density at radius 3 is 2.55 bits per heavy atom. The Balaban J connectivity index is 1.73. The van der Waals surface area contributed by atoms with Crippen molar-refractivity contribution in [2.45, 2.75) is 26.1 Å². The molecule has 0 saturated heterocycles. The lowest BCUT2D eigenvalue weighted by molar-refractivity contribution is -0.122. The number of carbonyl (C=O) groups is 1. The molecule has 0 fully saturated rings. The molecule has 0 aliphatic rings. The van der Waals surface area contributed by atoms with Crippen LogP contribution < -0.4 is 20.5 Å². The Labute approximate surface area is 169 Å². The van der Waals surface area contributed by atoms with Crippen LogP contribution in [0.3, 0.4) is 0 Å². The van der Waals surface area contributed by atoms with Gasteiger partial charge in [0.25, 0.3) is 0 Å². The maximum Gasteiger partial charge on any atom is 0.242 e. The zero-order valence-corrected chi connectivity index (χ0v) is 16.8. The fraction of sp³-hybridized carbons (Fsp3) is 0.286. The predicted molar refractivity (Wildman–Crippen MR) is 109 cm³/mol. The lowest BCUT2D eigenvalue weighted by Crippen LogP contribution is -2.29. The van der Waals surface area contributed by atoms with Crippen molar-refractivity contribution in [3.05, 3.63) is 59.9 Å². The normalized spacial score (nSPS) is 11.7. The van der Waals surface area contributed by atoms with E-state index in [9.17, 15) is 4.79 Å². The first-order chi connectivity index (χ1) is 14.0. The minimum atomic E-state index is -0.355. The molecule has 8 nitrogen and oxygen atoms in total. The quantitative estimate of drug-likeness (QED) is 0.606. The highest BCUT2D eigenvalue weighted by molar-refractivity contribution is 5.76. The summed E-state index contributed by atoms with van der Waals surface area (Å²) in [6.45, 7) is 2.13. The highest BCUT2D eigenvalue weighted by Crippen LogP contribution is 2.30. The van der Waals surface area contributed by atoms with Gasteiger partial charge in [-0.05, 0) is 13.0 Å². The smallest absolute Gasteiger partial charge is 0.242 e. The van der Waals surface area contributed by atoms with Crippen LogP contribution in [0.4, 0.5) is 0 Å². The molecule has 3 rings (SSSR count). The fourth-order valence-corrected chi connectivity index (χ4v) is 3.00.